The number of fused-ring (bicyclic) bond motifs is 1. The zero-order valence-corrected chi connectivity index (χ0v) is 16.8. The Kier molecular flexibility index (Phi) is 5.19. The number of ether oxygens (including phenoxy) is 1. The number of amides is 2. The van der Waals surface area contributed by atoms with Crippen LogP contribution in [0.15, 0.2) is 72.8 Å². The van der Waals surface area contributed by atoms with E-state index in [-0.39, 0.29) is 6.42 Å². The number of rotatable bonds is 5. The lowest BCUT2D eigenvalue weighted by Gasteiger charge is -2.25. The van der Waals surface area contributed by atoms with Crippen molar-refractivity contribution in [3.05, 3.63) is 101 Å². The van der Waals surface area contributed by atoms with Crippen LogP contribution in [0.3, 0.4) is 0 Å². The van der Waals surface area contributed by atoms with Crippen molar-refractivity contribution in [2.75, 3.05) is 0 Å². The summed E-state index contributed by atoms with van der Waals surface area (Å²) in [5, 5.41) is 0. The molecule has 0 aromatic heterocycles. The van der Waals surface area contributed by atoms with Crippen LogP contribution in [0.5, 0.6) is 5.75 Å². The van der Waals surface area contributed by atoms with Crippen LogP contribution in [0.4, 0.5) is 0 Å². The maximum Gasteiger partial charge on any atom is 0.335 e. The fourth-order valence-corrected chi connectivity index (χ4v) is 3.62. The van der Waals surface area contributed by atoms with Crippen molar-refractivity contribution in [1.29, 1.82) is 0 Å². The minimum absolute atomic E-state index is 0.177. The van der Waals surface area contributed by atoms with Crippen molar-refractivity contribution >= 4 is 17.8 Å². The molecule has 2 amide bonds. The Hall–Kier alpha value is -3.73. The molecule has 0 bridgehead atoms. The minimum Gasteiger partial charge on any atom is -0.425 e. The number of nitrogens with zero attached hydrogens (tertiary/aromatic N) is 1. The van der Waals surface area contributed by atoms with Crippen LogP contribution in [-0.4, -0.2) is 28.7 Å². The van der Waals surface area contributed by atoms with E-state index in [4.69, 9.17) is 4.74 Å². The van der Waals surface area contributed by atoms with Gasteiger partial charge >= 0.3 is 5.97 Å². The summed E-state index contributed by atoms with van der Waals surface area (Å²) in [6.45, 7) is 3.80. The van der Waals surface area contributed by atoms with E-state index in [1.54, 1.807) is 36.4 Å². The predicted octanol–water partition coefficient (Wildman–Crippen LogP) is 4.12. The van der Waals surface area contributed by atoms with Crippen molar-refractivity contribution in [2.45, 2.75) is 26.3 Å². The summed E-state index contributed by atoms with van der Waals surface area (Å²) in [5.41, 5.74) is 3.27. The second-order valence-corrected chi connectivity index (χ2v) is 7.35. The van der Waals surface area contributed by atoms with Crippen LogP contribution >= 0.6 is 0 Å². The molecule has 3 aromatic rings. The van der Waals surface area contributed by atoms with Gasteiger partial charge in [-0.25, -0.2) is 4.79 Å². The number of esters is 1. The molecule has 0 fully saturated rings. The number of hydrogen-bond donors (Lipinski definition) is 0. The quantitative estimate of drug-likeness (QED) is 0.368. The maximum atomic E-state index is 13.2. The normalized spacial score (nSPS) is 13.9. The number of aryl methyl sites for hydroxylation is 1. The zero-order valence-electron chi connectivity index (χ0n) is 16.8. The first kappa shape index (κ1) is 19.6. The average molecular weight is 399 g/mol. The molecule has 5 nitrogen and oxygen atoms in total. The summed E-state index contributed by atoms with van der Waals surface area (Å²) in [6.07, 6.45) is 0.177. The monoisotopic (exact) mass is 399 g/mol. The van der Waals surface area contributed by atoms with E-state index in [0.29, 0.717) is 16.9 Å². The highest BCUT2D eigenvalue weighted by Crippen LogP contribution is 2.28. The van der Waals surface area contributed by atoms with Gasteiger partial charge < -0.3 is 4.74 Å². The van der Waals surface area contributed by atoms with Crippen molar-refractivity contribution < 1.29 is 19.1 Å². The molecule has 1 aliphatic rings. The van der Waals surface area contributed by atoms with Gasteiger partial charge in [0.25, 0.3) is 11.8 Å². The molecule has 0 radical (unpaired) electrons. The Morgan fingerprint density at radius 3 is 2.07 bits per heavy atom. The van der Waals surface area contributed by atoms with Gasteiger partial charge in [-0.05, 0) is 48.7 Å². The molecule has 5 heteroatoms. The third-order valence-electron chi connectivity index (χ3n) is 5.45. The Labute approximate surface area is 174 Å². The van der Waals surface area contributed by atoms with E-state index in [1.165, 1.54) is 0 Å². The van der Waals surface area contributed by atoms with Gasteiger partial charge in [-0.3, -0.25) is 14.5 Å². The summed E-state index contributed by atoms with van der Waals surface area (Å²) in [7, 11) is 0. The molecular weight excluding hydrogens is 378 g/mol. The summed E-state index contributed by atoms with van der Waals surface area (Å²) in [6, 6.07) is 20.3. The summed E-state index contributed by atoms with van der Waals surface area (Å²) in [4.78, 5) is 40.3. The van der Waals surface area contributed by atoms with E-state index in [9.17, 15) is 14.4 Å². The molecule has 3 aromatic carbocycles. The topological polar surface area (TPSA) is 63.7 Å². The minimum atomic E-state index is -1.07. The number of imide groups is 1. The highest BCUT2D eigenvalue weighted by molar-refractivity contribution is 6.22. The lowest BCUT2D eigenvalue weighted by molar-refractivity contribution is -0.138. The summed E-state index contributed by atoms with van der Waals surface area (Å²) in [5.74, 6) is -1.17. The lowest BCUT2D eigenvalue weighted by atomic mass is 10.0. The van der Waals surface area contributed by atoms with Crippen LogP contribution in [0, 0.1) is 13.8 Å². The lowest BCUT2D eigenvalue weighted by Crippen LogP contribution is -2.48. The SMILES string of the molecule is Cc1cccc(OC(=O)[C@@H](Cc2ccccc2)N2C(=O)c3ccccc3C2=O)c1C. The molecule has 0 N–H and O–H groups in total. The van der Waals surface area contributed by atoms with E-state index in [0.717, 1.165) is 21.6 Å². The van der Waals surface area contributed by atoms with Crippen LogP contribution in [0.25, 0.3) is 0 Å². The first-order valence-corrected chi connectivity index (χ1v) is 9.76. The Bertz CT molecular complexity index is 1100. The molecule has 0 unspecified atom stereocenters. The molecule has 0 saturated carbocycles. The van der Waals surface area contributed by atoms with Gasteiger partial charge in [-0.2, -0.15) is 0 Å². The molecule has 0 aliphatic carbocycles. The van der Waals surface area contributed by atoms with E-state index in [2.05, 4.69) is 0 Å². The van der Waals surface area contributed by atoms with Gasteiger partial charge in [-0.1, -0.05) is 54.6 Å². The first-order valence-electron chi connectivity index (χ1n) is 9.76. The smallest absolute Gasteiger partial charge is 0.335 e. The largest absolute Gasteiger partial charge is 0.425 e. The Morgan fingerprint density at radius 1 is 0.833 bits per heavy atom. The van der Waals surface area contributed by atoms with E-state index in [1.807, 2.05) is 50.2 Å². The van der Waals surface area contributed by atoms with Crippen molar-refractivity contribution in [3.63, 3.8) is 0 Å². The van der Waals surface area contributed by atoms with Crippen LogP contribution in [-0.2, 0) is 11.2 Å². The molecule has 4 rings (SSSR count). The molecule has 150 valence electrons. The van der Waals surface area contributed by atoms with Crippen molar-refractivity contribution in [1.82, 2.24) is 4.90 Å². The fourth-order valence-electron chi connectivity index (χ4n) is 3.62. The second kappa shape index (κ2) is 7.95. The third kappa shape index (κ3) is 3.50. The van der Waals surface area contributed by atoms with E-state index < -0.39 is 23.8 Å². The van der Waals surface area contributed by atoms with Crippen LogP contribution in [0.1, 0.15) is 37.4 Å². The van der Waals surface area contributed by atoms with Gasteiger partial charge in [0.1, 0.15) is 11.8 Å². The molecule has 30 heavy (non-hydrogen) atoms. The number of carbonyl (C=O) groups excluding carboxylic acids is 3. The average Bonchev–Trinajstić information content (AvgIpc) is 3.01. The van der Waals surface area contributed by atoms with Gasteiger partial charge in [0.2, 0.25) is 0 Å². The molecule has 1 atom stereocenters. The molecule has 0 saturated heterocycles. The van der Waals surface area contributed by atoms with Gasteiger partial charge in [0, 0.05) is 6.42 Å². The maximum absolute atomic E-state index is 13.2. The highest BCUT2D eigenvalue weighted by atomic mass is 16.5. The molecule has 1 heterocycles. The third-order valence-corrected chi connectivity index (χ3v) is 5.45. The van der Waals surface area contributed by atoms with Crippen molar-refractivity contribution in [3.8, 4) is 5.75 Å². The molecule has 1 aliphatic heterocycles. The van der Waals surface area contributed by atoms with Gasteiger partial charge in [-0.15, -0.1) is 0 Å². The fraction of sp³-hybridized carbons (Fsp3) is 0.160. The highest BCUT2D eigenvalue weighted by Gasteiger charge is 2.43. The van der Waals surface area contributed by atoms with E-state index >= 15 is 0 Å². The summed E-state index contributed by atoms with van der Waals surface area (Å²) < 4.78 is 5.68. The standard InChI is InChI=1S/C25H21NO4/c1-16-9-8-14-22(17(16)2)30-25(29)21(15-18-10-4-3-5-11-18)26-23(27)19-12-6-7-13-20(19)24(26)28/h3-14,21H,15H2,1-2H3/t21-/m1/s1. The van der Waals surface area contributed by atoms with Crippen LogP contribution in [0.2, 0.25) is 0 Å². The zero-order chi connectivity index (χ0) is 21.3. The van der Waals surface area contributed by atoms with Crippen LogP contribution < -0.4 is 4.74 Å². The molecular formula is C25H21NO4. The Balaban J connectivity index is 1.70. The second-order valence-electron chi connectivity index (χ2n) is 7.35. The number of benzene rings is 3. The predicted molar refractivity (Wildman–Crippen MR) is 112 cm³/mol. The number of carbonyl (C=O) groups is 3. The summed E-state index contributed by atoms with van der Waals surface area (Å²) >= 11 is 0. The van der Waals surface area contributed by atoms with Gasteiger partial charge in [0.05, 0.1) is 11.1 Å². The van der Waals surface area contributed by atoms with Crippen molar-refractivity contribution in [2.24, 2.45) is 0 Å². The first-order chi connectivity index (χ1) is 14.5. The Morgan fingerprint density at radius 2 is 1.43 bits per heavy atom. The van der Waals surface area contributed by atoms with Gasteiger partial charge in [0.15, 0.2) is 0 Å². The molecule has 0 spiro atoms. The number of hydrogen-bond acceptors (Lipinski definition) is 4.